The van der Waals surface area contributed by atoms with Crippen LogP contribution in [0.25, 0.3) is 0 Å². The van der Waals surface area contributed by atoms with Crippen LogP contribution in [0.5, 0.6) is 0 Å². The zero-order valence-corrected chi connectivity index (χ0v) is 13.3. The number of carbonyl (C=O) groups is 1. The van der Waals surface area contributed by atoms with Gasteiger partial charge in [0.2, 0.25) is 0 Å². The maximum Gasteiger partial charge on any atom is 0.253 e. The van der Waals surface area contributed by atoms with Gasteiger partial charge in [0.1, 0.15) is 0 Å². The Labute approximate surface area is 129 Å². The van der Waals surface area contributed by atoms with E-state index in [9.17, 15) is 4.79 Å². The Morgan fingerprint density at radius 3 is 2.70 bits per heavy atom. The molecule has 110 valence electrons. The summed E-state index contributed by atoms with van der Waals surface area (Å²) in [5.41, 5.74) is 6.77. The van der Waals surface area contributed by atoms with E-state index in [1.54, 1.807) is 18.2 Å². The van der Waals surface area contributed by atoms with Gasteiger partial charge in [-0.3, -0.25) is 4.79 Å². The molecular weight excluding hydrogens is 292 g/mol. The van der Waals surface area contributed by atoms with Crippen LogP contribution in [-0.4, -0.2) is 23.5 Å². The van der Waals surface area contributed by atoms with Crippen LogP contribution >= 0.6 is 23.4 Å². The van der Waals surface area contributed by atoms with Gasteiger partial charge in [0.25, 0.3) is 5.91 Å². The number of rotatable bonds is 4. The topological polar surface area (TPSA) is 55.1 Å². The Kier molecular flexibility index (Phi) is 5.22. The van der Waals surface area contributed by atoms with Gasteiger partial charge in [0.15, 0.2) is 0 Å². The average Bonchev–Trinajstić information content (AvgIpc) is 2.46. The van der Waals surface area contributed by atoms with E-state index in [0.717, 1.165) is 0 Å². The molecule has 3 nitrogen and oxygen atoms in total. The molecule has 1 aliphatic carbocycles. The molecule has 0 unspecified atom stereocenters. The van der Waals surface area contributed by atoms with Crippen LogP contribution in [0.2, 0.25) is 5.02 Å². The number of hydrogen-bond acceptors (Lipinski definition) is 3. The standard InChI is InChI=1S/C15H21ClN2OS/c1-20-15(7-3-2-4-8-15)10-18-14(19)12-6-5-11(16)9-13(12)17/h5-6,9H,2-4,7-8,10,17H2,1H3,(H,18,19). The van der Waals surface area contributed by atoms with Crippen molar-refractivity contribution in [2.75, 3.05) is 18.5 Å². The molecule has 1 fully saturated rings. The lowest BCUT2D eigenvalue weighted by Gasteiger charge is -2.35. The Bertz CT molecular complexity index is 487. The Balaban J connectivity index is 2.00. The highest BCUT2D eigenvalue weighted by molar-refractivity contribution is 8.00. The molecule has 20 heavy (non-hydrogen) atoms. The monoisotopic (exact) mass is 312 g/mol. The first-order valence-electron chi connectivity index (χ1n) is 6.95. The minimum atomic E-state index is -0.113. The SMILES string of the molecule is CSC1(CNC(=O)c2ccc(Cl)cc2N)CCCCC1. The lowest BCUT2D eigenvalue weighted by atomic mass is 9.88. The summed E-state index contributed by atoms with van der Waals surface area (Å²) in [5.74, 6) is -0.113. The molecule has 0 bridgehead atoms. The highest BCUT2D eigenvalue weighted by atomic mass is 35.5. The predicted octanol–water partition coefficient (Wildman–Crippen LogP) is 3.72. The fourth-order valence-corrected chi connectivity index (χ4v) is 3.82. The van der Waals surface area contributed by atoms with Crippen LogP contribution in [0.4, 0.5) is 5.69 Å². The van der Waals surface area contributed by atoms with Crippen molar-refractivity contribution in [2.24, 2.45) is 0 Å². The molecule has 0 spiro atoms. The largest absolute Gasteiger partial charge is 0.398 e. The lowest BCUT2D eigenvalue weighted by molar-refractivity contribution is 0.0948. The number of amides is 1. The van der Waals surface area contributed by atoms with E-state index in [0.29, 0.717) is 22.8 Å². The number of hydrogen-bond donors (Lipinski definition) is 2. The quantitative estimate of drug-likeness (QED) is 0.833. The first-order chi connectivity index (χ1) is 9.56. The fraction of sp³-hybridized carbons (Fsp3) is 0.533. The summed E-state index contributed by atoms with van der Waals surface area (Å²) in [5, 5.41) is 3.59. The minimum Gasteiger partial charge on any atom is -0.398 e. The van der Waals surface area contributed by atoms with Gasteiger partial charge in [0.05, 0.1) is 5.56 Å². The molecule has 0 saturated heterocycles. The number of carbonyl (C=O) groups excluding carboxylic acids is 1. The average molecular weight is 313 g/mol. The number of thioether (sulfide) groups is 1. The van der Waals surface area contributed by atoms with Gasteiger partial charge in [-0.05, 0) is 37.3 Å². The molecule has 1 amide bonds. The molecule has 3 N–H and O–H groups in total. The summed E-state index contributed by atoms with van der Waals surface area (Å²) in [6.45, 7) is 0.703. The maximum atomic E-state index is 12.2. The second kappa shape index (κ2) is 6.72. The van der Waals surface area contributed by atoms with Gasteiger partial charge >= 0.3 is 0 Å². The van der Waals surface area contributed by atoms with Gasteiger partial charge in [-0.1, -0.05) is 30.9 Å². The van der Waals surface area contributed by atoms with Gasteiger partial charge in [0, 0.05) is 22.0 Å². The van der Waals surface area contributed by atoms with Gasteiger partial charge < -0.3 is 11.1 Å². The molecule has 0 radical (unpaired) electrons. The molecule has 1 aromatic rings. The summed E-state index contributed by atoms with van der Waals surface area (Å²) in [6.07, 6.45) is 8.28. The van der Waals surface area contributed by atoms with E-state index in [1.807, 2.05) is 11.8 Å². The van der Waals surface area contributed by atoms with Gasteiger partial charge in [-0.2, -0.15) is 11.8 Å². The Morgan fingerprint density at radius 2 is 2.10 bits per heavy atom. The third-order valence-corrected chi connectivity index (χ3v) is 5.68. The number of anilines is 1. The Hall–Kier alpha value is -0.870. The number of nitrogens with one attached hydrogen (secondary N) is 1. The smallest absolute Gasteiger partial charge is 0.253 e. The van der Waals surface area contributed by atoms with Crippen molar-refractivity contribution in [3.63, 3.8) is 0 Å². The van der Waals surface area contributed by atoms with Crippen molar-refractivity contribution in [3.05, 3.63) is 28.8 Å². The highest BCUT2D eigenvalue weighted by Gasteiger charge is 2.31. The van der Waals surface area contributed by atoms with Crippen molar-refractivity contribution < 1.29 is 4.79 Å². The maximum absolute atomic E-state index is 12.2. The van der Waals surface area contributed by atoms with E-state index in [1.165, 1.54) is 32.1 Å². The summed E-state index contributed by atoms with van der Waals surface area (Å²) >= 11 is 7.72. The number of nitrogens with two attached hydrogens (primary N) is 1. The molecule has 5 heteroatoms. The molecule has 0 atom stereocenters. The van der Waals surface area contributed by atoms with Crippen molar-refractivity contribution >= 4 is 35.0 Å². The summed E-state index contributed by atoms with van der Waals surface area (Å²) in [7, 11) is 0. The fourth-order valence-electron chi connectivity index (χ4n) is 2.73. The third-order valence-electron chi connectivity index (χ3n) is 4.03. The molecule has 0 aliphatic heterocycles. The van der Waals surface area contributed by atoms with E-state index in [4.69, 9.17) is 17.3 Å². The number of halogens is 1. The summed E-state index contributed by atoms with van der Waals surface area (Å²) in [4.78, 5) is 12.2. The molecule has 1 aliphatic rings. The van der Waals surface area contributed by atoms with E-state index < -0.39 is 0 Å². The van der Waals surface area contributed by atoms with Gasteiger partial charge in [-0.15, -0.1) is 0 Å². The first-order valence-corrected chi connectivity index (χ1v) is 8.55. The van der Waals surface area contributed by atoms with Crippen LogP contribution in [0, 0.1) is 0 Å². The number of nitrogen functional groups attached to an aromatic ring is 1. The normalized spacial score (nSPS) is 17.7. The van der Waals surface area contributed by atoms with Crippen LogP contribution in [0.15, 0.2) is 18.2 Å². The van der Waals surface area contributed by atoms with Gasteiger partial charge in [-0.25, -0.2) is 0 Å². The van der Waals surface area contributed by atoms with E-state index >= 15 is 0 Å². The van der Waals surface area contributed by atoms with Crippen LogP contribution in [-0.2, 0) is 0 Å². The molecule has 1 aromatic carbocycles. The Morgan fingerprint density at radius 1 is 1.40 bits per heavy atom. The van der Waals surface area contributed by atoms with Crippen molar-refractivity contribution in [3.8, 4) is 0 Å². The van der Waals surface area contributed by atoms with Crippen molar-refractivity contribution in [1.29, 1.82) is 0 Å². The first kappa shape index (κ1) is 15.5. The zero-order chi connectivity index (χ0) is 14.6. The van der Waals surface area contributed by atoms with Crippen molar-refractivity contribution in [1.82, 2.24) is 5.32 Å². The minimum absolute atomic E-state index is 0.113. The van der Waals surface area contributed by atoms with Crippen LogP contribution < -0.4 is 11.1 Å². The molecular formula is C15H21ClN2OS. The second-order valence-corrected chi connectivity index (χ2v) is 7.07. The second-order valence-electron chi connectivity index (χ2n) is 5.36. The highest BCUT2D eigenvalue weighted by Crippen LogP contribution is 2.38. The summed E-state index contributed by atoms with van der Waals surface area (Å²) < 4.78 is 0.190. The molecule has 1 saturated carbocycles. The van der Waals surface area contributed by atoms with Crippen LogP contribution in [0.3, 0.4) is 0 Å². The van der Waals surface area contributed by atoms with Crippen LogP contribution in [0.1, 0.15) is 42.5 Å². The summed E-state index contributed by atoms with van der Waals surface area (Å²) in [6, 6.07) is 4.98. The molecule has 2 rings (SSSR count). The van der Waals surface area contributed by atoms with E-state index in [-0.39, 0.29) is 10.7 Å². The predicted molar refractivity (Wildman–Crippen MR) is 87.5 cm³/mol. The number of benzene rings is 1. The lowest BCUT2D eigenvalue weighted by Crippen LogP contribution is -2.41. The third kappa shape index (κ3) is 3.61. The zero-order valence-electron chi connectivity index (χ0n) is 11.7. The van der Waals surface area contributed by atoms with Crippen molar-refractivity contribution in [2.45, 2.75) is 36.9 Å². The van der Waals surface area contributed by atoms with E-state index in [2.05, 4.69) is 11.6 Å². The molecule has 0 aromatic heterocycles. The molecule has 0 heterocycles.